The average Bonchev–Trinajstić information content (AvgIpc) is 2.45. The van der Waals surface area contributed by atoms with Crippen LogP contribution < -0.4 is 5.32 Å². The highest BCUT2D eigenvalue weighted by Gasteiger charge is 2.44. The summed E-state index contributed by atoms with van der Waals surface area (Å²) in [7, 11) is 0. The maximum Gasteiger partial charge on any atom is 0.429 e. The van der Waals surface area contributed by atoms with Crippen LogP contribution in [0, 0.1) is 0 Å². The molecule has 0 saturated heterocycles. The van der Waals surface area contributed by atoms with E-state index in [9.17, 15) is 18.0 Å². The lowest BCUT2D eigenvalue weighted by atomic mass is 10.1. The standard InChI is InChI=1S/C15H12F3NO2/c16-15(17,18)13(11-7-3-1-4-8-11)21-14(20)19-12-9-5-2-6-10-12/h1-10,13H,(H,19,20)/t13-/m0/s1. The first-order valence-electron chi connectivity index (χ1n) is 6.11. The maximum atomic E-state index is 13.0. The number of halogens is 3. The average molecular weight is 295 g/mol. The summed E-state index contributed by atoms with van der Waals surface area (Å²) in [4.78, 5) is 11.6. The number of amides is 1. The van der Waals surface area contributed by atoms with E-state index in [0.717, 1.165) is 0 Å². The highest BCUT2D eigenvalue weighted by atomic mass is 19.4. The van der Waals surface area contributed by atoms with E-state index in [2.05, 4.69) is 10.1 Å². The molecule has 21 heavy (non-hydrogen) atoms. The van der Waals surface area contributed by atoms with E-state index >= 15 is 0 Å². The Morgan fingerprint density at radius 1 is 0.952 bits per heavy atom. The van der Waals surface area contributed by atoms with Crippen molar-refractivity contribution in [2.45, 2.75) is 12.3 Å². The minimum absolute atomic E-state index is 0.131. The van der Waals surface area contributed by atoms with Crippen LogP contribution in [-0.4, -0.2) is 12.3 Å². The third kappa shape index (κ3) is 4.24. The first-order valence-corrected chi connectivity index (χ1v) is 6.11. The van der Waals surface area contributed by atoms with E-state index in [0.29, 0.717) is 5.69 Å². The predicted octanol–water partition coefficient (Wildman–Crippen LogP) is 4.54. The number of benzene rings is 2. The van der Waals surface area contributed by atoms with Crippen molar-refractivity contribution in [1.82, 2.24) is 0 Å². The molecule has 1 N–H and O–H groups in total. The molecule has 0 aliphatic rings. The second kappa shape index (κ2) is 6.30. The molecule has 1 amide bonds. The van der Waals surface area contributed by atoms with Crippen LogP contribution in [-0.2, 0) is 4.74 Å². The lowest BCUT2D eigenvalue weighted by molar-refractivity contribution is -0.205. The lowest BCUT2D eigenvalue weighted by Crippen LogP contribution is -2.28. The monoisotopic (exact) mass is 295 g/mol. The van der Waals surface area contributed by atoms with Gasteiger partial charge >= 0.3 is 12.3 Å². The van der Waals surface area contributed by atoms with Crippen molar-refractivity contribution in [3.63, 3.8) is 0 Å². The molecule has 0 aliphatic heterocycles. The summed E-state index contributed by atoms with van der Waals surface area (Å²) >= 11 is 0. The van der Waals surface area contributed by atoms with Gasteiger partial charge in [-0.15, -0.1) is 0 Å². The first-order chi connectivity index (χ1) is 9.97. The van der Waals surface area contributed by atoms with Crippen LogP contribution in [0.5, 0.6) is 0 Å². The Hall–Kier alpha value is -2.50. The highest BCUT2D eigenvalue weighted by Crippen LogP contribution is 2.35. The molecular weight excluding hydrogens is 283 g/mol. The van der Waals surface area contributed by atoms with Crippen molar-refractivity contribution >= 4 is 11.8 Å². The van der Waals surface area contributed by atoms with Gasteiger partial charge in [-0.25, -0.2) is 4.79 Å². The molecule has 0 fully saturated rings. The number of rotatable bonds is 3. The number of nitrogens with one attached hydrogen (secondary N) is 1. The molecule has 0 aromatic heterocycles. The highest BCUT2D eigenvalue weighted by molar-refractivity contribution is 5.84. The Labute approximate surface area is 119 Å². The van der Waals surface area contributed by atoms with Gasteiger partial charge in [-0.3, -0.25) is 5.32 Å². The zero-order valence-corrected chi connectivity index (χ0v) is 10.8. The molecule has 2 rings (SSSR count). The smallest absolute Gasteiger partial charge is 0.429 e. The molecular formula is C15H12F3NO2. The van der Waals surface area contributed by atoms with E-state index in [1.54, 1.807) is 36.4 Å². The van der Waals surface area contributed by atoms with Crippen molar-refractivity contribution in [2.24, 2.45) is 0 Å². The fourth-order valence-electron chi connectivity index (χ4n) is 1.73. The van der Waals surface area contributed by atoms with Crippen molar-refractivity contribution in [1.29, 1.82) is 0 Å². The van der Waals surface area contributed by atoms with Gasteiger partial charge in [0.05, 0.1) is 0 Å². The molecule has 0 saturated carbocycles. The fraction of sp³-hybridized carbons (Fsp3) is 0.133. The molecule has 110 valence electrons. The predicted molar refractivity (Wildman–Crippen MR) is 71.8 cm³/mol. The summed E-state index contributed by atoms with van der Waals surface area (Å²) in [6, 6.07) is 15.1. The van der Waals surface area contributed by atoms with Gasteiger partial charge in [0.1, 0.15) is 0 Å². The molecule has 1 atom stereocenters. The molecule has 3 nitrogen and oxygen atoms in total. The Kier molecular flexibility index (Phi) is 4.47. The van der Waals surface area contributed by atoms with Gasteiger partial charge in [0.2, 0.25) is 6.10 Å². The van der Waals surface area contributed by atoms with E-state index in [1.807, 2.05) is 0 Å². The summed E-state index contributed by atoms with van der Waals surface area (Å²) in [5, 5.41) is 2.25. The lowest BCUT2D eigenvalue weighted by Gasteiger charge is -2.21. The van der Waals surface area contributed by atoms with Crippen molar-refractivity contribution in [3.05, 3.63) is 66.2 Å². The quantitative estimate of drug-likeness (QED) is 0.902. The molecule has 2 aromatic carbocycles. The van der Waals surface area contributed by atoms with Crippen molar-refractivity contribution in [3.8, 4) is 0 Å². The number of para-hydroxylation sites is 1. The summed E-state index contributed by atoms with van der Waals surface area (Å²) in [5.41, 5.74) is 0.227. The second-order valence-corrected chi connectivity index (χ2v) is 4.23. The molecule has 2 aromatic rings. The Bertz CT molecular complexity index is 585. The summed E-state index contributed by atoms with van der Waals surface area (Å²) in [6.07, 6.45) is -8.15. The summed E-state index contributed by atoms with van der Waals surface area (Å²) in [5.74, 6) is 0. The van der Waals surface area contributed by atoms with Crippen LogP contribution in [0.3, 0.4) is 0 Å². The topological polar surface area (TPSA) is 38.3 Å². The number of hydrogen-bond acceptors (Lipinski definition) is 2. The second-order valence-electron chi connectivity index (χ2n) is 4.23. The van der Waals surface area contributed by atoms with Gasteiger partial charge in [-0.1, -0.05) is 48.5 Å². The van der Waals surface area contributed by atoms with Gasteiger partial charge in [-0.2, -0.15) is 13.2 Å². The number of alkyl halides is 3. The van der Waals surface area contributed by atoms with Crippen LogP contribution in [0.25, 0.3) is 0 Å². The molecule has 0 radical (unpaired) electrons. The zero-order valence-electron chi connectivity index (χ0n) is 10.8. The summed E-state index contributed by atoms with van der Waals surface area (Å²) < 4.78 is 43.5. The minimum Gasteiger partial charge on any atom is -0.431 e. The molecule has 0 spiro atoms. The number of ether oxygens (including phenoxy) is 1. The van der Waals surface area contributed by atoms with Crippen LogP contribution >= 0.6 is 0 Å². The number of carbonyl (C=O) groups excluding carboxylic acids is 1. The Morgan fingerprint density at radius 3 is 2.00 bits per heavy atom. The summed E-state index contributed by atoms with van der Waals surface area (Å²) in [6.45, 7) is 0. The SMILES string of the molecule is O=C(Nc1ccccc1)O[C@@H](c1ccccc1)C(F)(F)F. The largest absolute Gasteiger partial charge is 0.431 e. The minimum atomic E-state index is -4.69. The van der Waals surface area contributed by atoms with Crippen LogP contribution in [0.4, 0.5) is 23.7 Å². The molecule has 0 heterocycles. The zero-order chi connectivity index (χ0) is 15.3. The van der Waals surface area contributed by atoms with Gasteiger partial charge in [0, 0.05) is 11.3 Å². The van der Waals surface area contributed by atoms with Crippen LogP contribution in [0.2, 0.25) is 0 Å². The van der Waals surface area contributed by atoms with Crippen molar-refractivity contribution in [2.75, 3.05) is 5.32 Å². The van der Waals surface area contributed by atoms with Gasteiger partial charge in [0.25, 0.3) is 0 Å². The van der Waals surface area contributed by atoms with E-state index in [1.165, 1.54) is 24.3 Å². The van der Waals surface area contributed by atoms with Crippen LogP contribution in [0.1, 0.15) is 11.7 Å². The molecule has 6 heteroatoms. The van der Waals surface area contributed by atoms with Crippen LogP contribution in [0.15, 0.2) is 60.7 Å². The third-order valence-electron chi connectivity index (χ3n) is 2.64. The number of hydrogen-bond donors (Lipinski definition) is 1. The molecule has 0 aliphatic carbocycles. The van der Waals surface area contributed by atoms with Gasteiger partial charge in [-0.05, 0) is 12.1 Å². The van der Waals surface area contributed by atoms with Gasteiger partial charge in [0.15, 0.2) is 0 Å². The molecule has 0 unspecified atom stereocenters. The van der Waals surface area contributed by atoms with E-state index in [4.69, 9.17) is 0 Å². The van der Waals surface area contributed by atoms with E-state index in [-0.39, 0.29) is 5.56 Å². The normalized spacial score (nSPS) is 12.5. The number of anilines is 1. The van der Waals surface area contributed by atoms with E-state index < -0.39 is 18.4 Å². The van der Waals surface area contributed by atoms with Gasteiger partial charge < -0.3 is 4.74 Å². The first kappa shape index (κ1) is 14.9. The third-order valence-corrected chi connectivity index (χ3v) is 2.64. The van der Waals surface area contributed by atoms with Crippen molar-refractivity contribution < 1.29 is 22.7 Å². The molecule has 0 bridgehead atoms. The Balaban J connectivity index is 2.11. The number of carbonyl (C=O) groups is 1. The maximum absolute atomic E-state index is 13.0. The fourth-order valence-corrected chi connectivity index (χ4v) is 1.73. The Morgan fingerprint density at radius 2 is 1.48 bits per heavy atom.